The number of aliphatic hydroxyl groups is 1. The van der Waals surface area contributed by atoms with Crippen molar-refractivity contribution in [1.29, 1.82) is 0 Å². The molecule has 1 spiro atoms. The summed E-state index contributed by atoms with van der Waals surface area (Å²) in [6, 6.07) is 0.284. The van der Waals surface area contributed by atoms with Gasteiger partial charge in [0.15, 0.2) is 0 Å². The maximum Gasteiger partial charge on any atom is 0.226 e. The molecule has 3 rings (SSSR count). The van der Waals surface area contributed by atoms with Gasteiger partial charge in [0.25, 0.3) is 0 Å². The molecule has 116 valence electrons. The first kappa shape index (κ1) is 16.1. The summed E-state index contributed by atoms with van der Waals surface area (Å²) in [6.45, 7) is 4.25. The molecule has 0 bridgehead atoms. The highest BCUT2D eigenvalue weighted by atomic mass is 35.5. The number of carbonyl (C=O) groups excluding carboxylic acids is 1. The van der Waals surface area contributed by atoms with E-state index in [2.05, 4.69) is 17.6 Å². The fourth-order valence-corrected chi connectivity index (χ4v) is 4.15. The van der Waals surface area contributed by atoms with E-state index in [1.165, 1.54) is 0 Å². The summed E-state index contributed by atoms with van der Waals surface area (Å²) in [5.41, 5.74) is 0.141. The quantitative estimate of drug-likeness (QED) is 0.726. The van der Waals surface area contributed by atoms with Crippen molar-refractivity contribution in [2.45, 2.75) is 64.0 Å². The maximum absolute atomic E-state index is 12.6. The summed E-state index contributed by atoms with van der Waals surface area (Å²) >= 11 is 0. The minimum Gasteiger partial charge on any atom is -0.393 e. The van der Waals surface area contributed by atoms with Gasteiger partial charge in [-0.2, -0.15) is 0 Å². The number of hydrogen-bond acceptors (Lipinski definition) is 3. The van der Waals surface area contributed by atoms with Crippen molar-refractivity contribution in [3.63, 3.8) is 0 Å². The zero-order chi connectivity index (χ0) is 13.5. The van der Waals surface area contributed by atoms with E-state index in [9.17, 15) is 9.90 Å². The fourth-order valence-electron chi connectivity index (χ4n) is 4.15. The van der Waals surface area contributed by atoms with E-state index in [4.69, 9.17) is 0 Å². The van der Waals surface area contributed by atoms with Gasteiger partial charge < -0.3 is 15.7 Å². The van der Waals surface area contributed by atoms with Crippen LogP contribution in [0.1, 0.15) is 51.9 Å². The highest BCUT2D eigenvalue weighted by Gasteiger charge is 2.67. The van der Waals surface area contributed by atoms with Crippen LogP contribution in [-0.4, -0.2) is 36.2 Å². The molecule has 1 saturated heterocycles. The zero-order valence-corrected chi connectivity index (χ0v) is 13.1. The van der Waals surface area contributed by atoms with Crippen molar-refractivity contribution in [2.75, 3.05) is 13.1 Å². The molecule has 2 saturated carbocycles. The lowest BCUT2D eigenvalue weighted by atomic mass is 9.84. The van der Waals surface area contributed by atoms with Gasteiger partial charge in [-0.3, -0.25) is 4.79 Å². The van der Waals surface area contributed by atoms with Crippen LogP contribution >= 0.6 is 12.4 Å². The minimum absolute atomic E-state index is 0. The molecule has 1 amide bonds. The van der Waals surface area contributed by atoms with Crippen LogP contribution in [-0.2, 0) is 4.79 Å². The number of carbonyl (C=O) groups is 1. The number of hydrogen-bond donors (Lipinski definition) is 3. The van der Waals surface area contributed by atoms with Crippen molar-refractivity contribution < 1.29 is 9.90 Å². The molecule has 3 aliphatic rings. The summed E-state index contributed by atoms with van der Waals surface area (Å²) < 4.78 is 0. The Kier molecular flexibility index (Phi) is 4.67. The first-order valence-electron chi connectivity index (χ1n) is 7.76. The van der Waals surface area contributed by atoms with Gasteiger partial charge >= 0.3 is 0 Å². The van der Waals surface area contributed by atoms with Crippen LogP contribution in [0.4, 0.5) is 0 Å². The Balaban J connectivity index is 0.00000147. The fraction of sp³-hybridized carbons (Fsp3) is 0.933. The number of piperidine rings is 1. The number of nitrogens with one attached hydrogen (secondary N) is 2. The molecule has 1 aliphatic heterocycles. The van der Waals surface area contributed by atoms with E-state index in [0.717, 1.165) is 58.0 Å². The predicted molar refractivity (Wildman–Crippen MR) is 80.9 cm³/mol. The number of amides is 1. The van der Waals surface area contributed by atoms with Crippen molar-refractivity contribution in [3.05, 3.63) is 0 Å². The lowest BCUT2D eigenvalue weighted by molar-refractivity contribution is -0.128. The largest absolute Gasteiger partial charge is 0.393 e. The van der Waals surface area contributed by atoms with Gasteiger partial charge in [0.2, 0.25) is 5.91 Å². The normalized spacial score (nSPS) is 38.9. The third-order valence-electron chi connectivity index (χ3n) is 5.83. The second kappa shape index (κ2) is 5.82. The smallest absolute Gasteiger partial charge is 0.226 e. The van der Waals surface area contributed by atoms with Gasteiger partial charge in [-0.15, -0.1) is 12.4 Å². The molecule has 0 radical (unpaired) electrons. The monoisotopic (exact) mass is 302 g/mol. The Morgan fingerprint density at radius 2 is 1.80 bits per heavy atom. The number of aliphatic hydroxyl groups excluding tert-OH is 1. The van der Waals surface area contributed by atoms with Crippen molar-refractivity contribution in [3.8, 4) is 0 Å². The molecule has 20 heavy (non-hydrogen) atoms. The van der Waals surface area contributed by atoms with Crippen molar-refractivity contribution in [2.24, 2.45) is 10.8 Å². The first-order chi connectivity index (χ1) is 9.06. The maximum atomic E-state index is 12.6. The van der Waals surface area contributed by atoms with E-state index >= 15 is 0 Å². The zero-order valence-electron chi connectivity index (χ0n) is 12.3. The van der Waals surface area contributed by atoms with Crippen LogP contribution in [0.5, 0.6) is 0 Å². The molecule has 3 fully saturated rings. The number of halogens is 1. The Hall–Kier alpha value is -0.320. The van der Waals surface area contributed by atoms with Crippen LogP contribution in [0.15, 0.2) is 0 Å². The van der Waals surface area contributed by atoms with Crippen molar-refractivity contribution >= 4 is 18.3 Å². The Bertz CT molecular complexity index is 363. The summed E-state index contributed by atoms with van der Waals surface area (Å²) in [5, 5.41) is 16.1. The Labute approximate surface area is 127 Å². The average Bonchev–Trinajstić information content (AvgIpc) is 2.98. The summed E-state index contributed by atoms with van der Waals surface area (Å²) in [5.74, 6) is 0.260. The molecule has 4 nitrogen and oxygen atoms in total. The highest BCUT2D eigenvalue weighted by molar-refractivity contribution is 5.87. The van der Waals surface area contributed by atoms with Gasteiger partial charge in [-0.1, -0.05) is 6.92 Å². The highest BCUT2D eigenvalue weighted by Crippen LogP contribution is 2.68. The molecule has 1 atom stereocenters. The van der Waals surface area contributed by atoms with E-state index in [1.54, 1.807) is 0 Å². The Morgan fingerprint density at radius 3 is 2.40 bits per heavy atom. The topological polar surface area (TPSA) is 61.4 Å². The number of rotatable bonds is 2. The van der Waals surface area contributed by atoms with Gasteiger partial charge in [-0.05, 0) is 63.5 Å². The van der Waals surface area contributed by atoms with Crippen LogP contribution in [0.2, 0.25) is 0 Å². The van der Waals surface area contributed by atoms with Gasteiger partial charge in [0.1, 0.15) is 0 Å². The molecule has 1 heterocycles. The van der Waals surface area contributed by atoms with Crippen LogP contribution < -0.4 is 10.6 Å². The lowest BCUT2D eigenvalue weighted by Gasteiger charge is -2.30. The molecule has 0 aromatic carbocycles. The molecule has 0 aromatic rings. The molecule has 2 aliphatic carbocycles. The summed E-state index contributed by atoms with van der Waals surface area (Å²) in [4.78, 5) is 12.6. The molecular weight excluding hydrogens is 276 g/mol. The van der Waals surface area contributed by atoms with E-state index in [1.807, 2.05) is 0 Å². The van der Waals surface area contributed by atoms with Gasteiger partial charge in [-0.25, -0.2) is 0 Å². The third kappa shape index (κ3) is 2.70. The van der Waals surface area contributed by atoms with Gasteiger partial charge in [0, 0.05) is 6.04 Å². The molecule has 1 unspecified atom stereocenters. The van der Waals surface area contributed by atoms with E-state index < -0.39 is 0 Å². The molecular formula is C15H27ClN2O2. The van der Waals surface area contributed by atoms with Crippen LogP contribution in [0, 0.1) is 10.8 Å². The van der Waals surface area contributed by atoms with E-state index in [-0.39, 0.29) is 41.3 Å². The van der Waals surface area contributed by atoms with Crippen molar-refractivity contribution in [1.82, 2.24) is 10.6 Å². The summed E-state index contributed by atoms with van der Waals surface area (Å²) in [7, 11) is 0. The summed E-state index contributed by atoms with van der Waals surface area (Å²) in [6.07, 6.45) is 6.70. The second-order valence-electron chi connectivity index (χ2n) is 7.02. The molecule has 0 aromatic heterocycles. The van der Waals surface area contributed by atoms with Gasteiger partial charge in [0.05, 0.1) is 11.5 Å². The standard InChI is InChI=1S/C15H26N2O2.ClH/c1-14(10-15(14)6-8-16-9-7-15)13(19)17-11-2-4-12(18)5-3-11;/h11-12,16,18H,2-10H2,1H3,(H,17,19);1H. The first-order valence-corrected chi connectivity index (χ1v) is 7.76. The second-order valence-corrected chi connectivity index (χ2v) is 7.02. The van der Waals surface area contributed by atoms with Crippen LogP contribution in [0.3, 0.4) is 0 Å². The molecule has 3 N–H and O–H groups in total. The van der Waals surface area contributed by atoms with E-state index in [0.29, 0.717) is 0 Å². The predicted octanol–water partition coefficient (Wildman–Crippen LogP) is 1.61. The van der Waals surface area contributed by atoms with Crippen LogP contribution in [0.25, 0.3) is 0 Å². The SMILES string of the molecule is CC1(C(=O)NC2CCC(O)CC2)CC12CCNCC2.Cl. The lowest BCUT2D eigenvalue weighted by Crippen LogP contribution is -2.44. The minimum atomic E-state index is -0.152. The third-order valence-corrected chi connectivity index (χ3v) is 5.83. The average molecular weight is 303 g/mol. The molecule has 5 heteroatoms. The Morgan fingerprint density at radius 1 is 1.20 bits per heavy atom.